The van der Waals surface area contributed by atoms with Crippen molar-refractivity contribution in [1.29, 1.82) is 0 Å². The molecular formula is C13H11F2NO3. The van der Waals surface area contributed by atoms with Gasteiger partial charge in [0, 0.05) is 6.61 Å². The lowest BCUT2D eigenvalue weighted by Gasteiger charge is -2.20. The number of benzene rings is 1. The van der Waals surface area contributed by atoms with Gasteiger partial charge in [0.05, 0.1) is 23.9 Å². The fourth-order valence-electron chi connectivity index (χ4n) is 2.52. The quantitative estimate of drug-likeness (QED) is 0.766. The molecule has 100 valence electrons. The van der Waals surface area contributed by atoms with Crippen molar-refractivity contribution in [2.45, 2.75) is 18.9 Å². The topological polar surface area (TPSA) is 46.6 Å². The molecule has 1 fully saturated rings. The first kappa shape index (κ1) is 12.2. The molecule has 4 nitrogen and oxygen atoms in total. The number of hydrogen-bond acceptors (Lipinski definition) is 3. The lowest BCUT2D eigenvalue weighted by molar-refractivity contribution is -0.114. The van der Waals surface area contributed by atoms with Gasteiger partial charge in [0.1, 0.15) is 11.6 Å². The van der Waals surface area contributed by atoms with Crippen LogP contribution in [0.15, 0.2) is 12.1 Å². The lowest BCUT2D eigenvalue weighted by Crippen LogP contribution is -2.36. The average molecular weight is 267 g/mol. The number of rotatable bonds is 2. The van der Waals surface area contributed by atoms with Crippen molar-refractivity contribution in [2.24, 2.45) is 0 Å². The number of carbonyl (C=O) groups excluding carboxylic acids is 2. The molecule has 19 heavy (non-hydrogen) atoms. The summed E-state index contributed by atoms with van der Waals surface area (Å²) in [6, 6.07) is 1.78. The highest BCUT2D eigenvalue weighted by Crippen LogP contribution is 2.34. The van der Waals surface area contributed by atoms with Crippen LogP contribution in [0.1, 0.15) is 23.2 Å². The molecule has 1 amide bonds. The van der Waals surface area contributed by atoms with Crippen LogP contribution in [0.5, 0.6) is 0 Å². The maximum atomic E-state index is 13.8. The molecule has 0 bridgehead atoms. The molecule has 0 saturated carbocycles. The van der Waals surface area contributed by atoms with E-state index in [1.54, 1.807) is 0 Å². The summed E-state index contributed by atoms with van der Waals surface area (Å²) in [4.78, 5) is 24.5. The van der Waals surface area contributed by atoms with Gasteiger partial charge in [0.25, 0.3) is 11.7 Å². The van der Waals surface area contributed by atoms with Gasteiger partial charge in [-0.05, 0) is 25.0 Å². The van der Waals surface area contributed by atoms with E-state index >= 15 is 0 Å². The number of ether oxygens (including phenoxy) is 1. The van der Waals surface area contributed by atoms with Crippen LogP contribution >= 0.6 is 0 Å². The van der Waals surface area contributed by atoms with Gasteiger partial charge in [-0.2, -0.15) is 0 Å². The van der Waals surface area contributed by atoms with Gasteiger partial charge >= 0.3 is 0 Å². The van der Waals surface area contributed by atoms with Crippen molar-refractivity contribution in [1.82, 2.24) is 0 Å². The monoisotopic (exact) mass is 267 g/mol. The third kappa shape index (κ3) is 1.83. The Labute approximate surface area is 108 Å². The number of Topliss-reactive ketones (excluding diaryl/α,β-unsaturated/α-hetero) is 1. The molecule has 3 rings (SSSR count). The minimum absolute atomic E-state index is 0.0813. The van der Waals surface area contributed by atoms with E-state index in [4.69, 9.17) is 4.74 Å². The zero-order valence-corrected chi connectivity index (χ0v) is 9.99. The van der Waals surface area contributed by atoms with E-state index in [0.717, 1.165) is 29.9 Å². The van der Waals surface area contributed by atoms with Crippen LogP contribution in [-0.2, 0) is 9.53 Å². The highest BCUT2D eigenvalue weighted by atomic mass is 19.1. The standard InChI is InChI=1S/C13H11F2NO3/c14-8-3-4-9(15)11-10(8)12(17)13(18)16(11)6-7-2-1-5-19-7/h3-4,7H,1-2,5-6H2. The van der Waals surface area contributed by atoms with Gasteiger partial charge in [-0.25, -0.2) is 8.78 Å². The Kier molecular flexibility index (Phi) is 2.82. The summed E-state index contributed by atoms with van der Waals surface area (Å²) in [5.41, 5.74) is -0.728. The Bertz CT molecular complexity index is 567. The second-order valence-electron chi connectivity index (χ2n) is 4.63. The second kappa shape index (κ2) is 4.38. The summed E-state index contributed by atoms with van der Waals surface area (Å²) in [6.07, 6.45) is 1.37. The molecule has 1 unspecified atom stereocenters. The fourth-order valence-corrected chi connectivity index (χ4v) is 2.52. The number of fused-ring (bicyclic) bond motifs is 1. The molecule has 1 aromatic rings. The largest absolute Gasteiger partial charge is 0.376 e. The van der Waals surface area contributed by atoms with Crippen molar-refractivity contribution in [2.75, 3.05) is 18.1 Å². The Morgan fingerprint density at radius 1 is 1.26 bits per heavy atom. The summed E-state index contributed by atoms with van der Waals surface area (Å²) < 4.78 is 32.7. The molecule has 0 N–H and O–H groups in total. The van der Waals surface area contributed by atoms with Crippen LogP contribution in [0.4, 0.5) is 14.5 Å². The SMILES string of the molecule is O=C1C(=O)N(CC2CCCO2)c2c(F)ccc(F)c21. The van der Waals surface area contributed by atoms with E-state index in [-0.39, 0.29) is 18.3 Å². The van der Waals surface area contributed by atoms with Crippen molar-refractivity contribution in [3.05, 3.63) is 29.3 Å². The number of nitrogens with zero attached hydrogens (tertiary/aromatic N) is 1. The van der Waals surface area contributed by atoms with Crippen LogP contribution in [0.3, 0.4) is 0 Å². The number of carbonyl (C=O) groups is 2. The van der Waals surface area contributed by atoms with E-state index in [0.29, 0.717) is 6.61 Å². The number of ketones is 1. The van der Waals surface area contributed by atoms with Crippen LogP contribution in [0, 0.1) is 11.6 Å². The molecule has 2 aliphatic heterocycles. The number of hydrogen-bond donors (Lipinski definition) is 0. The minimum atomic E-state index is -0.995. The van der Waals surface area contributed by atoms with Crippen molar-refractivity contribution < 1.29 is 23.1 Å². The molecule has 6 heteroatoms. The first-order chi connectivity index (χ1) is 9.09. The first-order valence-electron chi connectivity index (χ1n) is 6.05. The van der Waals surface area contributed by atoms with E-state index in [9.17, 15) is 18.4 Å². The molecule has 0 spiro atoms. The molecule has 2 heterocycles. The molecule has 1 saturated heterocycles. The van der Waals surface area contributed by atoms with E-state index < -0.39 is 28.9 Å². The smallest absolute Gasteiger partial charge is 0.299 e. The Morgan fingerprint density at radius 3 is 2.68 bits per heavy atom. The van der Waals surface area contributed by atoms with Gasteiger partial charge in [-0.15, -0.1) is 0 Å². The molecule has 1 atom stereocenters. The van der Waals surface area contributed by atoms with Gasteiger partial charge in [-0.3, -0.25) is 14.5 Å². The van der Waals surface area contributed by atoms with Crippen LogP contribution in [0.25, 0.3) is 0 Å². The predicted molar refractivity (Wildman–Crippen MR) is 62.0 cm³/mol. The molecular weight excluding hydrogens is 256 g/mol. The number of amides is 1. The summed E-state index contributed by atoms with van der Waals surface area (Å²) >= 11 is 0. The second-order valence-corrected chi connectivity index (χ2v) is 4.63. The van der Waals surface area contributed by atoms with E-state index in [1.807, 2.05) is 0 Å². The van der Waals surface area contributed by atoms with Crippen LogP contribution in [-0.4, -0.2) is 30.9 Å². The summed E-state index contributed by atoms with van der Waals surface area (Å²) in [7, 11) is 0. The van der Waals surface area contributed by atoms with Gasteiger partial charge < -0.3 is 4.74 Å². The third-order valence-electron chi connectivity index (χ3n) is 3.42. The van der Waals surface area contributed by atoms with Gasteiger partial charge in [0.15, 0.2) is 0 Å². The average Bonchev–Trinajstić information content (AvgIpc) is 2.97. The normalized spacial score (nSPS) is 22.2. The molecule has 1 aromatic carbocycles. The maximum absolute atomic E-state index is 13.8. The fraction of sp³-hybridized carbons (Fsp3) is 0.385. The first-order valence-corrected chi connectivity index (χ1v) is 6.05. The summed E-state index contributed by atoms with van der Waals surface area (Å²) in [5.74, 6) is -3.53. The van der Waals surface area contributed by atoms with Gasteiger partial charge in [-0.1, -0.05) is 0 Å². The van der Waals surface area contributed by atoms with E-state index in [1.165, 1.54) is 0 Å². The minimum Gasteiger partial charge on any atom is -0.376 e. The zero-order chi connectivity index (χ0) is 13.6. The zero-order valence-electron chi connectivity index (χ0n) is 9.99. The number of anilines is 1. The van der Waals surface area contributed by atoms with Crippen LogP contribution < -0.4 is 4.90 Å². The summed E-state index contributed by atoms with van der Waals surface area (Å²) in [5, 5.41) is 0. The highest BCUT2D eigenvalue weighted by molar-refractivity contribution is 6.52. The van der Waals surface area contributed by atoms with Crippen LogP contribution in [0.2, 0.25) is 0 Å². The molecule has 0 radical (unpaired) electrons. The Balaban J connectivity index is 2.01. The van der Waals surface area contributed by atoms with Crippen molar-refractivity contribution in [3.8, 4) is 0 Å². The third-order valence-corrected chi connectivity index (χ3v) is 3.42. The summed E-state index contributed by atoms with van der Waals surface area (Å²) in [6.45, 7) is 0.664. The predicted octanol–water partition coefficient (Wildman–Crippen LogP) is 1.67. The lowest BCUT2D eigenvalue weighted by atomic mass is 10.1. The van der Waals surface area contributed by atoms with Crippen molar-refractivity contribution >= 4 is 17.4 Å². The molecule has 0 aromatic heterocycles. The molecule has 0 aliphatic carbocycles. The van der Waals surface area contributed by atoms with Crippen molar-refractivity contribution in [3.63, 3.8) is 0 Å². The highest BCUT2D eigenvalue weighted by Gasteiger charge is 2.41. The Morgan fingerprint density at radius 2 is 2.00 bits per heavy atom. The maximum Gasteiger partial charge on any atom is 0.299 e. The van der Waals surface area contributed by atoms with Gasteiger partial charge in [0.2, 0.25) is 0 Å². The Hall–Kier alpha value is -1.82. The van der Waals surface area contributed by atoms with E-state index in [2.05, 4.69) is 0 Å². The molecule has 2 aliphatic rings. The number of halogens is 2.